The molecule has 0 radical (unpaired) electrons. The zero-order chi connectivity index (χ0) is 16.5. The molecule has 0 aromatic heterocycles. The Morgan fingerprint density at radius 2 is 1.68 bits per heavy atom. The van der Waals surface area contributed by atoms with Gasteiger partial charge in [-0.25, -0.2) is 0 Å². The molecule has 0 saturated heterocycles. The molecular weight excluding hydrogens is 276 g/mol. The molecule has 0 aliphatic heterocycles. The summed E-state index contributed by atoms with van der Waals surface area (Å²) in [5.41, 5.74) is 3.81. The highest BCUT2D eigenvalue weighted by atomic mass is 16.5. The first kappa shape index (κ1) is 18.5. The Kier molecular flexibility index (Phi) is 7.96. The molecule has 0 heterocycles. The number of carbonyl (C=O) groups excluding carboxylic acids is 1. The van der Waals surface area contributed by atoms with Gasteiger partial charge < -0.3 is 15.4 Å². The van der Waals surface area contributed by atoms with Crippen molar-refractivity contribution in [3.05, 3.63) is 29.3 Å². The molecule has 0 atom stereocenters. The second kappa shape index (κ2) is 9.46. The van der Waals surface area contributed by atoms with Crippen LogP contribution >= 0.6 is 0 Å². The van der Waals surface area contributed by atoms with Gasteiger partial charge in [-0.15, -0.1) is 0 Å². The quantitative estimate of drug-likeness (QED) is 0.687. The van der Waals surface area contributed by atoms with Crippen molar-refractivity contribution in [1.29, 1.82) is 0 Å². The van der Waals surface area contributed by atoms with Crippen molar-refractivity contribution in [3.8, 4) is 0 Å². The molecule has 1 aromatic carbocycles. The van der Waals surface area contributed by atoms with Crippen LogP contribution in [-0.4, -0.2) is 32.7 Å². The summed E-state index contributed by atoms with van der Waals surface area (Å²) in [4.78, 5) is 11.7. The van der Waals surface area contributed by atoms with E-state index in [1.807, 2.05) is 0 Å². The summed E-state index contributed by atoms with van der Waals surface area (Å²) < 4.78 is 4.92. The van der Waals surface area contributed by atoms with E-state index in [9.17, 15) is 4.79 Å². The summed E-state index contributed by atoms with van der Waals surface area (Å²) in [6, 6.07) is 6.45. The van der Waals surface area contributed by atoms with Crippen LogP contribution in [0, 0.1) is 0 Å². The third-order valence-electron chi connectivity index (χ3n) is 3.66. The van der Waals surface area contributed by atoms with E-state index in [1.54, 1.807) is 7.11 Å². The van der Waals surface area contributed by atoms with Crippen molar-refractivity contribution in [2.75, 3.05) is 32.1 Å². The smallest absolute Gasteiger partial charge is 0.221 e. The maximum atomic E-state index is 11.7. The van der Waals surface area contributed by atoms with Crippen LogP contribution in [0.1, 0.15) is 57.1 Å². The van der Waals surface area contributed by atoms with Crippen molar-refractivity contribution in [2.45, 2.75) is 46.0 Å². The van der Waals surface area contributed by atoms with Crippen LogP contribution in [0.15, 0.2) is 18.2 Å². The minimum Gasteiger partial charge on any atom is -0.384 e. The number of hydrogen-bond donors (Lipinski definition) is 2. The van der Waals surface area contributed by atoms with Gasteiger partial charge in [0.15, 0.2) is 0 Å². The molecule has 124 valence electrons. The predicted molar refractivity (Wildman–Crippen MR) is 92.6 cm³/mol. The third kappa shape index (κ3) is 5.68. The van der Waals surface area contributed by atoms with E-state index in [1.165, 1.54) is 16.8 Å². The highest BCUT2D eigenvalue weighted by molar-refractivity contribution is 5.76. The lowest BCUT2D eigenvalue weighted by Gasteiger charge is -2.20. The molecule has 1 rings (SSSR count). The van der Waals surface area contributed by atoms with Crippen LogP contribution in [0.5, 0.6) is 0 Å². The number of carbonyl (C=O) groups is 1. The summed E-state index contributed by atoms with van der Waals surface area (Å²) >= 11 is 0. The van der Waals surface area contributed by atoms with Gasteiger partial charge in [-0.1, -0.05) is 45.9 Å². The van der Waals surface area contributed by atoms with Crippen molar-refractivity contribution in [2.24, 2.45) is 0 Å². The first-order valence-corrected chi connectivity index (χ1v) is 8.09. The van der Waals surface area contributed by atoms with Crippen molar-refractivity contribution < 1.29 is 9.53 Å². The SMILES string of the molecule is COCCNC(=O)CCNc1c(C(C)C)cccc1C(C)C. The first-order valence-electron chi connectivity index (χ1n) is 8.09. The van der Waals surface area contributed by atoms with Gasteiger partial charge in [-0.2, -0.15) is 0 Å². The monoisotopic (exact) mass is 306 g/mol. The number of para-hydroxylation sites is 1. The van der Waals surface area contributed by atoms with E-state index in [4.69, 9.17) is 4.74 Å². The number of amides is 1. The molecule has 0 saturated carbocycles. The number of ether oxygens (including phenoxy) is 1. The average Bonchev–Trinajstić information content (AvgIpc) is 2.47. The highest BCUT2D eigenvalue weighted by Crippen LogP contribution is 2.32. The van der Waals surface area contributed by atoms with Gasteiger partial charge >= 0.3 is 0 Å². The van der Waals surface area contributed by atoms with E-state index in [0.717, 1.165) is 0 Å². The molecule has 0 aliphatic rings. The number of nitrogens with one attached hydrogen (secondary N) is 2. The Hall–Kier alpha value is -1.55. The molecule has 0 unspecified atom stereocenters. The molecule has 4 nitrogen and oxygen atoms in total. The zero-order valence-electron chi connectivity index (χ0n) is 14.5. The largest absolute Gasteiger partial charge is 0.384 e. The van der Waals surface area contributed by atoms with Crippen molar-refractivity contribution in [1.82, 2.24) is 5.32 Å². The van der Waals surface area contributed by atoms with E-state index in [2.05, 4.69) is 56.5 Å². The van der Waals surface area contributed by atoms with Crippen LogP contribution in [0.4, 0.5) is 5.69 Å². The molecule has 0 fully saturated rings. The van der Waals surface area contributed by atoms with Crippen molar-refractivity contribution >= 4 is 11.6 Å². The second-order valence-electron chi connectivity index (χ2n) is 6.14. The number of benzene rings is 1. The summed E-state index contributed by atoms with van der Waals surface area (Å²) in [5.74, 6) is 0.964. The van der Waals surface area contributed by atoms with E-state index < -0.39 is 0 Å². The van der Waals surface area contributed by atoms with Gasteiger partial charge in [0.05, 0.1) is 6.61 Å². The Morgan fingerprint density at radius 1 is 1.09 bits per heavy atom. The van der Waals surface area contributed by atoms with Crippen molar-refractivity contribution in [3.63, 3.8) is 0 Å². The summed E-state index contributed by atoms with van der Waals surface area (Å²) in [7, 11) is 1.63. The topological polar surface area (TPSA) is 50.4 Å². The second-order valence-corrected chi connectivity index (χ2v) is 6.14. The summed E-state index contributed by atoms with van der Waals surface area (Å²) in [6.45, 7) is 10.5. The number of rotatable bonds is 9. The first-order chi connectivity index (χ1) is 10.5. The fourth-order valence-electron chi connectivity index (χ4n) is 2.44. The predicted octanol–water partition coefficient (Wildman–Crippen LogP) is 3.50. The van der Waals surface area contributed by atoms with E-state index >= 15 is 0 Å². The fourth-order valence-corrected chi connectivity index (χ4v) is 2.44. The minimum atomic E-state index is 0.0534. The van der Waals surface area contributed by atoms with E-state index in [0.29, 0.717) is 38.0 Å². The van der Waals surface area contributed by atoms with Gasteiger partial charge in [-0.3, -0.25) is 4.79 Å². The molecule has 1 amide bonds. The molecule has 2 N–H and O–H groups in total. The lowest BCUT2D eigenvalue weighted by atomic mass is 9.92. The van der Waals surface area contributed by atoms with Gasteiger partial charge in [0.1, 0.15) is 0 Å². The molecule has 0 aliphatic carbocycles. The Labute approximate surface area is 134 Å². The van der Waals surface area contributed by atoms with Gasteiger partial charge in [0.2, 0.25) is 5.91 Å². The van der Waals surface area contributed by atoms with Crippen LogP contribution in [0.25, 0.3) is 0 Å². The standard InChI is InChI=1S/C18H30N2O2/c1-13(2)15-7-6-8-16(14(3)4)18(15)20-10-9-17(21)19-11-12-22-5/h6-8,13-14,20H,9-12H2,1-5H3,(H,19,21). The molecule has 22 heavy (non-hydrogen) atoms. The maximum Gasteiger partial charge on any atom is 0.221 e. The van der Waals surface area contributed by atoms with E-state index in [-0.39, 0.29) is 5.91 Å². The lowest BCUT2D eigenvalue weighted by molar-refractivity contribution is -0.121. The van der Waals surface area contributed by atoms with Gasteiger partial charge in [0.25, 0.3) is 0 Å². The lowest BCUT2D eigenvalue weighted by Crippen LogP contribution is -2.28. The molecule has 1 aromatic rings. The Morgan fingerprint density at radius 3 is 2.18 bits per heavy atom. The third-order valence-corrected chi connectivity index (χ3v) is 3.66. The summed E-state index contributed by atoms with van der Waals surface area (Å²) in [6.07, 6.45) is 0.466. The maximum absolute atomic E-state index is 11.7. The van der Waals surface area contributed by atoms with Crippen LogP contribution in [0.3, 0.4) is 0 Å². The zero-order valence-corrected chi connectivity index (χ0v) is 14.5. The molecule has 0 spiro atoms. The number of anilines is 1. The molecule has 0 bridgehead atoms. The van der Waals surface area contributed by atoms with Crippen LogP contribution in [0.2, 0.25) is 0 Å². The molecule has 4 heteroatoms. The Balaban J connectivity index is 2.66. The highest BCUT2D eigenvalue weighted by Gasteiger charge is 2.13. The van der Waals surface area contributed by atoms with Gasteiger partial charge in [-0.05, 0) is 23.0 Å². The van der Waals surface area contributed by atoms with Crippen LogP contribution in [-0.2, 0) is 9.53 Å². The molecular formula is C18H30N2O2. The summed E-state index contributed by atoms with van der Waals surface area (Å²) in [5, 5.41) is 6.31. The average molecular weight is 306 g/mol. The fraction of sp³-hybridized carbons (Fsp3) is 0.611. The van der Waals surface area contributed by atoms with Gasteiger partial charge in [0, 0.05) is 32.3 Å². The van der Waals surface area contributed by atoms with Crippen LogP contribution < -0.4 is 10.6 Å². The number of hydrogen-bond acceptors (Lipinski definition) is 3. The minimum absolute atomic E-state index is 0.0534. The normalized spacial score (nSPS) is 11.0. The number of methoxy groups -OCH3 is 1. The Bertz CT molecular complexity index is 444.